The summed E-state index contributed by atoms with van der Waals surface area (Å²) in [4.78, 5) is 13.0. The Labute approximate surface area is 208 Å². The number of benzene rings is 3. The predicted molar refractivity (Wildman–Crippen MR) is 134 cm³/mol. The van der Waals surface area contributed by atoms with Crippen molar-refractivity contribution in [3.8, 4) is 23.3 Å². The number of aryl methyl sites for hydroxylation is 3. The van der Waals surface area contributed by atoms with E-state index in [1.165, 1.54) is 0 Å². The molecule has 0 spiro atoms. The molecule has 2 N–H and O–H groups in total. The van der Waals surface area contributed by atoms with Crippen molar-refractivity contribution in [3.05, 3.63) is 99.6 Å². The van der Waals surface area contributed by atoms with Crippen LogP contribution in [0, 0.1) is 32.1 Å². The second-order valence-electron chi connectivity index (χ2n) is 8.74. The first-order valence-corrected chi connectivity index (χ1v) is 11.4. The van der Waals surface area contributed by atoms with Crippen molar-refractivity contribution >= 4 is 16.9 Å². The molecule has 0 radical (unpaired) electrons. The minimum atomic E-state index is -0.614. The van der Waals surface area contributed by atoms with E-state index < -0.39 is 11.9 Å². The third-order valence-electron chi connectivity index (χ3n) is 6.59. The van der Waals surface area contributed by atoms with Crippen molar-refractivity contribution in [2.24, 2.45) is 5.73 Å². The number of para-hydroxylation sites is 1. The summed E-state index contributed by atoms with van der Waals surface area (Å²) in [5, 5.41) is 10.7. The minimum Gasteiger partial charge on any atom is -0.496 e. The Morgan fingerprint density at radius 3 is 2.53 bits per heavy atom. The Morgan fingerprint density at radius 1 is 1.03 bits per heavy atom. The summed E-state index contributed by atoms with van der Waals surface area (Å²) in [6, 6.07) is 18.5. The van der Waals surface area contributed by atoms with Crippen molar-refractivity contribution in [3.63, 3.8) is 0 Å². The van der Waals surface area contributed by atoms with Crippen LogP contribution in [0.5, 0.6) is 17.2 Å². The van der Waals surface area contributed by atoms with Crippen LogP contribution in [0.25, 0.3) is 11.0 Å². The number of allylic oxidation sites excluding steroid dienone is 1. The first-order valence-electron chi connectivity index (χ1n) is 11.4. The maximum atomic E-state index is 13.0. The standard InChI is InChI=1S/C29H24N2O5/c1-15-11-21-17(3)27(35-24(21)12-16(15)2)29(32)34-18-9-10-20-25(13-18)36-28(31)22(14-30)26(20)19-7-5-6-8-23(19)33-4/h5-13,26H,31H2,1-4H3. The Balaban J connectivity index is 1.51. The number of carbonyl (C=O) groups is 1. The van der Waals surface area contributed by atoms with Crippen molar-refractivity contribution in [1.29, 1.82) is 5.26 Å². The molecule has 0 fully saturated rings. The molecule has 3 aromatic carbocycles. The molecule has 7 heteroatoms. The highest BCUT2D eigenvalue weighted by molar-refractivity contribution is 5.97. The molecule has 180 valence electrons. The molecule has 36 heavy (non-hydrogen) atoms. The highest BCUT2D eigenvalue weighted by Crippen LogP contribution is 2.46. The van der Waals surface area contributed by atoms with Gasteiger partial charge in [-0.15, -0.1) is 0 Å². The van der Waals surface area contributed by atoms with Crippen LogP contribution in [0.3, 0.4) is 0 Å². The zero-order valence-corrected chi connectivity index (χ0v) is 20.3. The zero-order valence-electron chi connectivity index (χ0n) is 20.3. The molecule has 0 aliphatic carbocycles. The monoisotopic (exact) mass is 480 g/mol. The topological polar surface area (TPSA) is 108 Å². The van der Waals surface area contributed by atoms with E-state index in [1.807, 2.05) is 57.2 Å². The van der Waals surface area contributed by atoms with Crippen LogP contribution >= 0.6 is 0 Å². The fourth-order valence-electron chi connectivity index (χ4n) is 4.55. The van der Waals surface area contributed by atoms with E-state index in [0.717, 1.165) is 27.6 Å². The van der Waals surface area contributed by atoms with E-state index in [0.29, 0.717) is 22.6 Å². The molecule has 1 aliphatic rings. The maximum Gasteiger partial charge on any atom is 0.379 e. The predicted octanol–water partition coefficient (Wildman–Crippen LogP) is 5.80. The molecule has 1 aromatic heterocycles. The summed E-state index contributed by atoms with van der Waals surface area (Å²) >= 11 is 0. The number of esters is 1. The van der Waals surface area contributed by atoms with Crippen LogP contribution in [0.2, 0.25) is 0 Å². The number of rotatable bonds is 4. The molecule has 0 saturated carbocycles. The number of nitriles is 1. The number of nitrogens with zero attached hydrogens (tertiary/aromatic N) is 1. The van der Waals surface area contributed by atoms with E-state index in [-0.39, 0.29) is 23.0 Å². The normalized spacial score (nSPS) is 14.7. The molecule has 0 bridgehead atoms. The first kappa shape index (κ1) is 23.1. The SMILES string of the molecule is COc1ccccc1C1C(C#N)=C(N)Oc2cc(OC(=O)c3oc4cc(C)c(C)cc4c3C)ccc21. The van der Waals surface area contributed by atoms with Gasteiger partial charge >= 0.3 is 5.97 Å². The highest BCUT2D eigenvalue weighted by Gasteiger charge is 2.33. The van der Waals surface area contributed by atoms with Gasteiger partial charge < -0.3 is 24.4 Å². The van der Waals surface area contributed by atoms with Crippen molar-refractivity contribution in [1.82, 2.24) is 0 Å². The summed E-state index contributed by atoms with van der Waals surface area (Å²) < 4.78 is 22.8. The molecule has 1 atom stereocenters. The fourth-order valence-corrected chi connectivity index (χ4v) is 4.55. The highest BCUT2D eigenvalue weighted by atomic mass is 16.5. The first-order chi connectivity index (χ1) is 17.3. The van der Waals surface area contributed by atoms with Gasteiger partial charge in [-0.25, -0.2) is 4.79 Å². The Hall–Kier alpha value is -4.70. The van der Waals surface area contributed by atoms with Crippen LogP contribution in [-0.4, -0.2) is 13.1 Å². The van der Waals surface area contributed by atoms with Crippen molar-refractivity contribution < 1.29 is 23.4 Å². The number of methoxy groups -OCH3 is 1. The van der Waals surface area contributed by atoms with Gasteiger partial charge in [-0.2, -0.15) is 5.26 Å². The molecular weight excluding hydrogens is 456 g/mol. The second-order valence-corrected chi connectivity index (χ2v) is 8.74. The van der Waals surface area contributed by atoms with E-state index in [4.69, 9.17) is 24.4 Å². The average molecular weight is 481 g/mol. The quantitative estimate of drug-likeness (QED) is 0.290. The summed E-state index contributed by atoms with van der Waals surface area (Å²) in [6.07, 6.45) is 0. The zero-order chi connectivity index (χ0) is 25.6. The van der Waals surface area contributed by atoms with Gasteiger partial charge in [0.15, 0.2) is 0 Å². The average Bonchev–Trinajstić information content (AvgIpc) is 3.18. The number of nitrogens with two attached hydrogens (primary N) is 1. The number of carbonyl (C=O) groups excluding carboxylic acids is 1. The Kier molecular flexibility index (Phi) is 5.65. The number of hydrogen-bond donors (Lipinski definition) is 1. The second kappa shape index (κ2) is 8.82. The number of fused-ring (bicyclic) bond motifs is 2. The van der Waals surface area contributed by atoms with Crippen LogP contribution < -0.4 is 19.9 Å². The van der Waals surface area contributed by atoms with Gasteiger partial charge in [0, 0.05) is 28.1 Å². The molecule has 4 aromatic rings. The lowest BCUT2D eigenvalue weighted by molar-refractivity contribution is 0.0702. The lowest BCUT2D eigenvalue weighted by Gasteiger charge is -2.27. The lowest BCUT2D eigenvalue weighted by atomic mass is 9.83. The number of ether oxygens (including phenoxy) is 3. The van der Waals surface area contributed by atoms with Crippen molar-refractivity contribution in [2.75, 3.05) is 7.11 Å². The van der Waals surface area contributed by atoms with E-state index >= 15 is 0 Å². The maximum absolute atomic E-state index is 13.0. The van der Waals surface area contributed by atoms with Gasteiger partial charge in [-0.05, 0) is 56.2 Å². The van der Waals surface area contributed by atoms with Crippen LogP contribution in [0.4, 0.5) is 0 Å². The molecule has 2 heterocycles. The molecule has 0 amide bonds. The summed E-state index contributed by atoms with van der Waals surface area (Å²) in [5.41, 5.74) is 11.4. The molecule has 7 nitrogen and oxygen atoms in total. The molecule has 1 unspecified atom stereocenters. The van der Waals surface area contributed by atoms with Crippen LogP contribution in [0.1, 0.15) is 44.3 Å². The van der Waals surface area contributed by atoms with E-state index in [9.17, 15) is 10.1 Å². The van der Waals surface area contributed by atoms with Gasteiger partial charge in [-0.1, -0.05) is 24.3 Å². The van der Waals surface area contributed by atoms with Gasteiger partial charge in [0.2, 0.25) is 11.6 Å². The minimum absolute atomic E-state index is 0.0109. The summed E-state index contributed by atoms with van der Waals surface area (Å²) in [7, 11) is 1.57. The third kappa shape index (κ3) is 3.73. The van der Waals surface area contributed by atoms with Crippen LogP contribution in [-0.2, 0) is 0 Å². The Morgan fingerprint density at radius 2 is 1.78 bits per heavy atom. The van der Waals surface area contributed by atoms with Gasteiger partial charge in [-0.3, -0.25) is 0 Å². The molecule has 0 saturated heterocycles. The lowest BCUT2D eigenvalue weighted by Crippen LogP contribution is -2.21. The van der Waals surface area contributed by atoms with Gasteiger partial charge in [0.1, 0.15) is 34.5 Å². The fraction of sp³-hybridized carbons (Fsp3) is 0.172. The van der Waals surface area contributed by atoms with Crippen molar-refractivity contribution in [2.45, 2.75) is 26.7 Å². The van der Waals surface area contributed by atoms with Gasteiger partial charge in [0.05, 0.1) is 13.0 Å². The largest absolute Gasteiger partial charge is 0.496 e. The number of furan rings is 1. The summed E-state index contributed by atoms with van der Waals surface area (Å²) in [6.45, 7) is 5.84. The number of hydrogen-bond acceptors (Lipinski definition) is 7. The summed E-state index contributed by atoms with van der Waals surface area (Å²) in [5.74, 6) is 0.298. The third-order valence-corrected chi connectivity index (χ3v) is 6.59. The Bertz CT molecular complexity index is 1610. The van der Waals surface area contributed by atoms with Crippen LogP contribution in [0.15, 0.2) is 70.5 Å². The smallest absolute Gasteiger partial charge is 0.379 e. The molecule has 5 rings (SSSR count). The van der Waals surface area contributed by atoms with Gasteiger partial charge in [0.25, 0.3) is 0 Å². The molecular formula is C29H24N2O5. The van der Waals surface area contributed by atoms with E-state index in [2.05, 4.69) is 6.07 Å². The van der Waals surface area contributed by atoms with E-state index in [1.54, 1.807) is 25.3 Å². The molecule has 1 aliphatic heterocycles.